The van der Waals surface area contributed by atoms with Crippen molar-refractivity contribution >= 4 is 53.4 Å². The molecule has 0 N–H and O–H groups in total. The first-order valence-electron chi connectivity index (χ1n) is 16.8. The second-order valence-electron chi connectivity index (χ2n) is 12.6. The molecular weight excluding hydrogens is 627 g/mol. The summed E-state index contributed by atoms with van der Waals surface area (Å²) in [6.07, 6.45) is 0. The predicted octanol–water partition coefficient (Wildman–Crippen LogP) is 12.6. The first kappa shape index (κ1) is 28.6. The van der Waals surface area contributed by atoms with Crippen molar-refractivity contribution in [1.29, 1.82) is 0 Å². The fourth-order valence-corrected chi connectivity index (χ4v) is 8.35. The second-order valence-corrected chi connectivity index (χ2v) is 13.7. The second kappa shape index (κ2) is 11.7. The fraction of sp³-hybridized carbons (Fsp3) is 0. The molecule has 7 aromatic carbocycles. The summed E-state index contributed by atoms with van der Waals surface area (Å²) >= 11 is 1.77. The lowest BCUT2D eigenvalue weighted by atomic mass is 9.97. The Morgan fingerprint density at radius 2 is 1.00 bits per heavy atom. The van der Waals surface area contributed by atoms with Crippen LogP contribution in [0.2, 0.25) is 0 Å². The van der Waals surface area contributed by atoms with Crippen molar-refractivity contribution < 1.29 is 0 Å². The molecule has 3 nitrogen and oxygen atoms in total. The van der Waals surface area contributed by atoms with Crippen LogP contribution in [0.5, 0.6) is 0 Å². The van der Waals surface area contributed by atoms with Crippen molar-refractivity contribution in [1.82, 2.24) is 14.5 Å². The Kier molecular flexibility index (Phi) is 6.68. The molecule has 10 rings (SSSR count). The third-order valence-electron chi connectivity index (χ3n) is 9.61. The van der Waals surface area contributed by atoms with Crippen molar-refractivity contribution in [2.45, 2.75) is 0 Å². The van der Waals surface area contributed by atoms with Gasteiger partial charge in [0.05, 0.1) is 26.9 Å². The van der Waals surface area contributed by atoms with Crippen LogP contribution in [0.15, 0.2) is 176 Å². The van der Waals surface area contributed by atoms with E-state index in [1.54, 1.807) is 11.3 Å². The molecule has 0 aliphatic heterocycles. The number of fused-ring (bicyclic) bond motifs is 6. The zero-order valence-electron chi connectivity index (χ0n) is 27.0. The van der Waals surface area contributed by atoms with E-state index in [4.69, 9.17) is 9.97 Å². The van der Waals surface area contributed by atoms with E-state index >= 15 is 0 Å². The number of rotatable bonds is 5. The zero-order valence-corrected chi connectivity index (χ0v) is 27.8. The summed E-state index contributed by atoms with van der Waals surface area (Å²) in [4.78, 5) is 10.3. The molecule has 0 unspecified atom stereocenters. The van der Waals surface area contributed by atoms with Crippen molar-refractivity contribution in [3.63, 3.8) is 0 Å². The molecule has 4 heteroatoms. The van der Waals surface area contributed by atoms with Crippen molar-refractivity contribution in [2.75, 3.05) is 0 Å². The molecule has 50 heavy (non-hydrogen) atoms. The summed E-state index contributed by atoms with van der Waals surface area (Å²) in [5.41, 5.74) is 12.4. The first-order valence-corrected chi connectivity index (χ1v) is 17.6. The van der Waals surface area contributed by atoms with E-state index < -0.39 is 0 Å². The van der Waals surface area contributed by atoms with Gasteiger partial charge in [0.2, 0.25) is 0 Å². The molecule has 0 bridgehead atoms. The summed E-state index contributed by atoms with van der Waals surface area (Å²) in [5, 5.41) is 3.67. The molecule has 0 radical (unpaired) electrons. The number of para-hydroxylation sites is 2. The van der Waals surface area contributed by atoms with Crippen molar-refractivity contribution in [3.8, 4) is 50.6 Å². The van der Waals surface area contributed by atoms with Gasteiger partial charge in [0, 0.05) is 37.7 Å². The molecule has 0 spiro atoms. The average Bonchev–Trinajstić information content (AvgIpc) is 3.73. The van der Waals surface area contributed by atoms with Crippen LogP contribution in [0.25, 0.3) is 92.7 Å². The van der Waals surface area contributed by atoms with Crippen LogP contribution in [0, 0.1) is 0 Å². The molecule has 234 valence electrons. The normalized spacial score (nSPS) is 11.6. The van der Waals surface area contributed by atoms with Crippen LogP contribution in [0.4, 0.5) is 0 Å². The van der Waals surface area contributed by atoms with E-state index in [0.29, 0.717) is 0 Å². The lowest BCUT2D eigenvalue weighted by molar-refractivity contribution is 1.18. The molecule has 3 heterocycles. The van der Waals surface area contributed by atoms with Crippen LogP contribution in [-0.2, 0) is 0 Å². The highest BCUT2D eigenvalue weighted by molar-refractivity contribution is 7.26. The van der Waals surface area contributed by atoms with Crippen LogP contribution in [-0.4, -0.2) is 14.5 Å². The molecule has 0 amide bonds. The Morgan fingerprint density at radius 3 is 1.78 bits per heavy atom. The minimum atomic E-state index is 0.743. The maximum absolute atomic E-state index is 5.20. The summed E-state index contributed by atoms with van der Waals surface area (Å²) in [5.74, 6) is 0.743. The predicted molar refractivity (Wildman–Crippen MR) is 211 cm³/mol. The van der Waals surface area contributed by atoms with Gasteiger partial charge in [0.15, 0.2) is 5.82 Å². The highest BCUT2D eigenvalue weighted by Gasteiger charge is 2.18. The third kappa shape index (κ3) is 4.73. The standard InChI is InChI=1S/C46H29N3S/c1-4-13-30(14-5-1)43-45-44(48-46(47-43)31-15-6-2-7-16-31)39-28-34(24-26-42(39)50-45)32-17-12-18-33(27-32)35-23-25-38-37-21-10-11-22-40(37)49(41(38)29-35)36-19-8-3-9-20-36/h1-29H. The van der Waals surface area contributed by atoms with Crippen LogP contribution < -0.4 is 0 Å². The van der Waals surface area contributed by atoms with E-state index in [-0.39, 0.29) is 0 Å². The number of hydrogen-bond acceptors (Lipinski definition) is 3. The van der Waals surface area contributed by atoms with Gasteiger partial charge in [-0.3, -0.25) is 0 Å². The molecule has 10 aromatic rings. The summed E-state index contributed by atoms with van der Waals surface area (Å²) in [7, 11) is 0. The minimum absolute atomic E-state index is 0.743. The summed E-state index contributed by atoms with van der Waals surface area (Å²) < 4.78 is 4.69. The van der Waals surface area contributed by atoms with Crippen LogP contribution in [0.3, 0.4) is 0 Å². The minimum Gasteiger partial charge on any atom is -0.309 e. The van der Waals surface area contributed by atoms with Gasteiger partial charge >= 0.3 is 0 Å². The fourth-order valence-electron chi connectivity index (χ4n) is 7.21. The largest absolute Gasteiger partial charge is 0.309 e. The van der Waals surface area contributed by atoms with Gasteiger partial charge in [0.25, 0.3) is 0 Å². The number of benzene rings is 7. The zero-order chi connectivity index (χ0) is 33.0. The van der Waals surface area contributed by atoms with Crippen molar-refractivity contribution in [2.24, 2.45) is 0 Å². The third-order valence-corrected chi connectivity index (χ3v) is 10.8. The van der Waals surface area contributed by atoms with Gasteiger partial charge in [0.1, 0.15) is 0 Å². The Labute approximate surface area is 293 Å². The van der Waals surface area contributed by atoms with E-state index in [9.17, 15) is 0 Å². The van der Waals surface area contributed by atoms with Gasteiger partial charge in [-0.25, -0.2) is 9.97 Å². The Bertz CT molecular complexity index is 2850. The molecule has 0 aliphatic carbocycles. The average molecular weight is 656 g/mol. The van der Waals surface area contributed by atoms with Crippen LogP contribution >= 0.6 is 11.3 Å². The van der Waals surface area contributed by atoms with Gasteiger partial charge < -0.3 is 4.57 Å². The molecule has 0 atom stereocenters. The Balaban J connectivity index is 1.12. The summed E-state index contributed by atoms with van der Waals surface area (Å²) in [6.45, 7) is 0. The smallest absolute Gasteiger partial charge is 0.160 e. The van der Waals surface area contributed by atoms with E-state index in [1.165, 1.54) is 48.8 Å². The van der Waals surface area contributed by atoms with Crippen LogP contribution in [0.1, 0.15) is 0 Å². The molecule has 0 fully saturated rings. The quantitative estimate of drug-likeness (QED) is 0.185. The molecule has 0 saturated carbocycles. The lowest BCUT2D eigenvalue weighted by Gasteiger charge is -2.10. The lowest BCUT2D eigenvalue weighted by Crippen LogP contribution is -1.93. The van der Waals surface area contributed by atoms with Crippen molar-refractivity contribution in [3.05, 3.63) is 176 Å². The highest BCUT2D eigenvalue weighted by Crippen LogP contribution is 2.41. The number of hydrogen-bond donors (Lipinski definition) is 0. The number of thiophene rings is 1. The van der Waals surface area contributed by atoms with E-state index in [0.717, 1.165) is 43.9 Å². The SMILES string of the molecule is c1ccc(-c2nc(-c3ccccc3)c3sc4ccc(-c5cccc(-c6ccc7c8ccccc8n(-c8ccccc8)c7c6)c5)cc4c3n2)cc1. The highest BCUT2D eigenvalue weighted by atomic mass is 32.1. The molecular formula is C46H29N3S. The van der Waals surface area contributed by atoms with E-state index in [1.807, 2.05) is 24.3 Å². The van der Waals surface area contributed by atoms with Gasteiger partial charge in [-0.05, 0) is 64.7 Å². The van der Waals surface area contributed by atoms with Gasteiger partial charge in [-0.15, -0.1) is 11.3 Å². The molecule has 0 aliphatic rings. The number of aromatic nitrogens is 3. The number of nitrogens with zero attached hydrogens (tertiary/aromatic N) is 3. The Hall–Kier alpha value is -6.36. The topological polar surface area (TPSA) is 30.7 Å². The first-order chi connectivity index (χ1) is 24.8. The Morgan fingerprint density at radius 1 is 0.400 bits per heavy atom. The van der Waals surface area contributed by atoms with E-state index in [2.05, 4.69) is 156 Å². The summed E-state index contributed by atoms with van der Waals surface area (Å²) in [6, 6.07) is 62.6. The maximum atomic E-state index is 5.20. The maximum Gasteiger partial charge on any atom is 0.160 e. The van der Waals surface area contributed by atoms with Gasteiger partial charge in [-0.2, -0.15) is 0 Å². The van der Waals surface area contributed by atoms with Gasteiger partial charge in [-0.1, -0.05) is 133 Å². The molecule has 0 saturated heterocycles. The molecule has 3 aromatic heterocycles. The monoisotopic (exact) mass is 655 g/mol.